The first-order chi connectivity index (χ1) is 8.27. The predicted molar refractivity (Wildman–Crippen MR) is 70.7 cm³/mol. The maximum absolute atomic E-state index is 6.21. The van der Waals surface area contributed by atoms with Crippen LogP contribution in [-0.4, -0.2) is 9.55 Å². The summed E-state index contributed by atoms with van der Waals surface area (Å²) in [6.07, 6.45) is 12.5. The van der Waals surface area contributed by atoms with Crippen LogP contribution in [0.2, 0.25) is 0 Å². The summed E-state index contributed by atoms with van der Waals surface area (Å²) in [6.45, 7) is 2.70. The number of imidazole rings is 1. The molecule has 2 N–H and O–H groups in total. The molecule has 1 saturated carbocycles. The summed E-state index contributed by atoms with van der Waals surface area (Å²) < 4.78 is 2.01. The van der Waals surface area contributed by atoms with E-state index in [2.05, 4.69) is 12.8 Å². The Hall–Kier alpha value is -1.43. The number of nitrogens with zero attached hydrogens (tertiary/aromatic N) is 2. The second-order valence-corrected chi connectivity index (χ2v) is 4.82. The van der Waals surface area contributed by atoms with Gasteiger partial charge in [0, 0.05) is 12.3 Å². The second-order valence-electron chi connectivity index (χ2n) is 4.82. The number of hydrogen-bond acceptors (Lipinski definition) is 2. The molecule has 0 aromatic carbocycles. The van der Waals surface area contributed by atoms with Crippen LogP contribution < -0.4 is 5.73 Å². The molecule has 0 bridgehead atoms. The number of terminal acetylenes is 1. The quantitative estimate of drug-likeness (QED) is 0.810. The molecule has 0 atom stereocenters. The highest BCUT2D eigenvalue weighted by atomic mass is 15.1. The van der Waals surface area contributed by atoms with Gasteiger partial charge in [0.2, 0.25) is 0 Å². The predicted octanol–water partition coefficient (Wildman–Crippen LogP) is 2.71. The number of aryl methyl sites for hydroxylation is 1. The third-order valence-corrected chi connectivity index (χ3v) is 3.58. The zero-order valence-corrected chi connectivity index (χ0v) is 10.6. The number of rotatable bonds is 4. The Labute approximate surface area is 103 Å². The van der Waals surface area contributed by atoms with Crippen LogP contribution in [0.5, 0.6) is 0 Å². The maximum Gasteiger partial charge on any atom is 0.127 e. The van der Waals surface area contributed by atoms with E-state index in [-0.39, 0.29) is 0 Å². The molecule has 2 rings (SSSR count). The van der Waals surface area contributed by atoms with Crippen molar-refractivity contribution in [3.63, 3.8) is 0 Å². The Bertz CT molecular complexity index is 419. The first-order valence-electron chi connectivity index (χ1n) is 6.56. The Morgan fingerprint density at radius 1 is 1.47 bits per heavy atom. The number of aromatic nitrogens is 2. The fourth-order valence-corrected chi connectivity index (χ4v) is 2.72. The average molecular weight is 231 g/mol. The van der Waals surface area contributed by atoms with Crippen LogP contribution >= 0.6 is 0 Å². The average Bonchev–Trinajstić information content (AvgIpc) is 2.92. The van der Waals surface area contributed by atoms with Crippen molar-refractivity contribution in [1.29, 1.82) is 0 Å². The van der Waals surface area contributed by atoms with Gasteiger partial charge in [-0.3, -0.25) is 0 Å². The van der Waals surface area contributed by atoms with Crippen molar-refractivity contribution < 1.29 is 0 Å². The molecule has 3 heteroatoms. The van der Waals surface area contributed by atoms with E-state index in [9.17, 15) is 0 Å². The lowest BCUT2D eigenvalue weighted by atomic mass is 10.0. The third-order valence-electron chi connectivity index (χ3n) is 3.58. The minimum atomic E-state index is 0.543. The standard InChI is InChI=1S/C14H21N3/c1-3-7-12-16-13(11-8-5-6-9-11)14(15)17(12)10-4-2/h2,11H,3,5-10,15H2,1H3. The van der Waals surface area contributed by atoms with E-state index in [4.69, 9.17) is 17.1 Å². The van der Waals surface area contributed by atoms with Gasteiger partial charge in [0.25, 0.3) is 0 Å². The van der Waals surface area contributed by atoms with Crippen molar-refractivity contribution >= 4 is 5.82 Å². The van der Waals surface area contributed by atoms with E-state index in [1.54, 1.807) is 0 Å². The molecular weight excluding hydrogens is 210 g/mol. The SMILES string of the molecule is C#CCn1c(CCC)nc(C2CCCC2)c1N. The minimum absolute atomic E-state index is 0.543. The van der Waals surface area contributed by atoms with E-state index in [1.165, 1.54) is 25.7 Å². The summed E-state index contributed by atoms with van der Waals surface area (Å²) in [5.41, 5.74) is 7.30. The molecule has 1 aromatic rings. The van der Waals surface area contributed by atoms with Gasteiger partial charge in [0.15, 0.2) is 0 Å². The molecule has 0 spiro atoms. The Balaban J connectivity index is 2.33. The molecule has 1 aliphatic carbocycles. The molecule has 92 valence electrons. The fraction of sp³-hybridized carbons (Fsp3) is 0.643. The summed E-state index contributed by atoms with van der Waals surface area (Å²) in [4.78, 5) is 4.74. The van der Waals surface area contributed by atoms with Crippen LogP contribution in [0.3, 0.4) is 0 Å². The van der Waals surface area contributed by atoms with Gasteiger partial charge in [-0.2, -0.15) is 0 Å². The highest BCUT2D eigenvalue weighted by Crippen LogP contribution is 2.36. The second kappa shape index (κ2) is 5.27. The van der Waals surface area contributed by atoms with Gasteiger partial charge in [0.05, 0.1) is 12.2 Å². The Kier molecular flexibility index (Phi) is 3.73. The molecule has 1 aromatic heterocycles. The van der Waals surface area contributed by atoms with Crippen LogP contribution in [-0.2, 0) is 13.0 Å². The van der Waals surface area contributed by atoms with Crippen molar-refractivity contribution in [3.8, 4) is 12.3 Å². The molecule has 17 heavy (non-hydrogen) atoms. The van der Waals surface area contributed by atoms with Gasteiger partial charge < -0.3 is 10.3 Å². The third kappa shape index (κ3) is 2.31. The van der Waals surface area contributed by atoms with E-state index >= 15 is 0 Å². The molecule has 1 heterocycles. The molecule has 1 aliphatic rings. The lowest BCUT2D eigenvalue weighted by Gasteiger charge is -2.07. The lowest BCUT2D eigenvalue weighted by Crippen LogP contribution is -2.07. The van der Waals surface area contributed by atoms with Crippen molar-refractivity contribution in [1.82, 2.24) is 9.55 Å². The van der Waals surface area contributed by atoms with Crippen LogP contribution in [0.15, 0.2) is 0 Å². The highest BCUT2D eigenvalue weighted by molar-refractivity contribution is 5.41. The Morgan fingerprint density at radius 3 is 2.76 bits per heavy atom. The van der Waals surface area contributed by atoms with Crippen LogP contribution in [0.4, 0.5) is 5.82 Å². The molecule has 0 unspecified atom stereocenters. The minimum Gasteiger partial charge on any atom is -0.384 e. The monoisotopic (exact) mass is 231 g/mol. The first kappa shape index (κ1) is 12.0. The van der Waals surface area contributed by atoms with E-state index < -0.39 is 0 Å². The van der Waals surface area contributed by atoms with E-state index in [0.717, 1.165) is 30.2 Å². The summed E-state index contributed by atoms with van der Waals surface area (Å²) in [5.74, 6) is 5.09. The summed E-state index contributed by atoms with van der Waals surface area (Å²) in [7, 11) is 0. The van der Waals surface area contributed by atoms with Crippen molar-refractivity contribution in [2.24, 2.45) is 0 Å². The van der Waals surface area contributed by atoms with Crippen molar-refractivity contribution in [2.75, 3.05) is 5.73 Å². The summed E-state index contributed by atoms with van der Waals surface area (Å²) >= 11 is 0. The van der Waals surface area contributed by atoms with Gasteiger partial charge in [-0.15, -0.1) is 6.42 Å². The van der Waals surface area contributed by atoms with Gasteiger partial charge >= 0.3 is 0 Å². The highest BCUT2D eigenvalue weighted by Gasteiger charge is 2.24. The fourth-order valence-electron chi connectivity index (χ4n) is 2.72. The zero-order chi connectivity index (χ0) is 12.3. The smallest absolute Gasteiger partial charge is 0.127 e. The largest absolute Gasteiger partial charge is 0.384 e. The number of nitrogen functional groups attached to an aromatic ring is 1. The van der Waals surface area contributed by atoms with Crippen LogP contribution in [0.25, 0.3) is 0 Å². The molecule has 1 fully saturated rings. The number of anilines is 1. The molecule has 0 saturated heterocycles. The van der Waals surface area contributed by atoms with E-state index in [1.807, 2.05) is 4.57 Å². The first-order valence-corrected chi connectivity index (χ1v) is 6.56. The zero-order valence-electron chi connectivity index (χ0n) is 10.6. The van der Waals surface area contributed by atoms with E-state index in [0.29, 0.717) is 12.5 Å². The Morgan fingerprint density at radius 2 is 2.18 bits per heavy atom. The van der Waals surface area contributed by atoms with Gasteiger partial charge in [-0.1, -0.05) is 25.7 Å². The topological polar surface area (TPSA) is 43.8 Å². The van der Waals surface area contributed by atoms with Crippen molar-refractivity contribution in [2.45, 2.75) is 57.9 Å². The lowest BCUT2D eigenvalue weighted by molar-refractivity contribution is 0.698. The van der Waals surface area contributed by atoms with Crippen LogP contribution in [0, 0.1) is 12.3 Å². The molecular formula is C14H21N3. The number of hydrogen-bond donors (Lipinski definition) is 1. The maximum atomic E-state index is 6.21. The summed E-state index contributed by atoms with van der Waals surface area (Å²) in [6, 6.07) is 0. The number of nitrogens with two attached hydrogens (primary N) is 1. The molecule has 0 radical (unpaired) electrons. The normalized spacial score (nSPS) is 16.2. The van der Waals surface area contributed by atoms with Crippen LogP contribution in [0.1, 0.15) is 56.5 Å². The molecule has 0 amide bonds. The molecule has 0 aliphatic heterocycles. The summed E-state index contributed by atoms with van der Waals surface area (Å²) in [5, 5.41) is 0. The van der Waals surface area contributed by atoms with Crippen molar-refractivity contribution in [3.05, 3.63) is 11.5 Å². The van der Waals surface area contributed by atoms with Gasteiger partial charge in [-0.25, -0.2) is 4.98 Å². The molecule has 3 nitrogen and oxygen atoms in total. The van der Waals surface area contributed by atoms with Gasteiger partial charge in [-0.05, 0) is 19.3 Å². The van der Waals surface area contributed by atoms with Gasteiger partial charge in [0.1, 0.15) is 11.6 Å².